The van der Waals surface area contributed by atoms with E-state index in [2.05, 4.69) is 29.6 Å². The van der Waals surface area contributed by atoms with Gasteiger partial charge in [0.25, 0.3) is 0 Å². The van der Waals surface area contributed by atoms with Crippen LogP contribution in [-0.2, 0) is 0 Å². The maximum Gasteiger partial charge on any atom is 0.573 e. The number of alkyl halides is 3. The van der Waals surface area contributed by atoms with Gasteiger partial charge in [-0.1, -0.05) is 89.0 Å². The maximum atomic E-state index is 13.8. The third-order valence-corrected chi connectivity index (χ3v) is 7.88. The summed E-state index contributed by atoms with van der Waals surface area (Å²) in [4.78, 5) is 0. The first-order valence-electron chi connectivity index (χ1n) is 13.6. The number of unbranched alkanes of at least 4 members (excludes halogenated alkanes) is 2. The average molecular weight is 493 g/mol. The SMILES string of the molecule is CCCCCC1CCC(CCC2CCC(C=CC#Cc3ccc(OC(F)(F)F)c(F)c3)CC2)CC1. The fourth-order valence-corrected chi connectivity index (χ4v) is 5.73. The molecule has 5 heteroatoms. The summed E-state index contributed by atoms with van der Waals surface area (Å²) in [5, 5.41) is 0. The Morgan fingerprint density at radius 2 is 1.49 bits per heavy atom. The van der Waals surface area contributed by atoms with E-state index in [4.69, 9.17) is 0 Å². The molecule has 0 bridgehead atoms. The van der Waals surface area contributed by atoms with Gasteiger partial charge >= 0.3 is 6.36 Å². The molecule has 2 saturated carbocycles. The van der Waals surface area contributed by atoms with Crippen molar-refractivity contribution < 1.29 is 22.3 Å². The lowest BCUT2D eigenvalue weighted by atomic mass is 9.75. The highest BCUT2D eigenvalue weighted by atomic mass is 19.4. The Labute approximate surface area is 208 Å². The molecule has 35 heavy (non-hydrogen) atoms. The first kappa shape index (κ1) is 27.6. The Kier molecular flexibility index (Phi) is 11.0. The molecule has 2 aliphatic carbocycles. The molecule has 0 aromatic heterocycles. The minimum Gasteiger partial charge on any atom is -0.403 e. The molecule has 2 aliphatic rings. The summed E-state index contributed by atoms with van der Waals surface area (Å²) in [5.74, 6) is 7.07. The number of hydrogen-bond donors (Lipinski definition) is 0. The molecule has 0 atom stereocenters. The number of halogens is 4. The van der Waals surface area contributed by atoms with Crippen LogP contribution in [0.3, 0.4) is 0 Å². The molecule has 1 nitrogen and oxygen atoms in total. The molecule has 3 rings (SSSR count). The van der Waals surface area contributed by atoms with Gasteiger partial charge in [-0.25, -0.2) is 4.39 Å². The summed E-state index contributed by atoms with van der Waals surface area (Å²) in [6.07, 6.45) is 18.1. The van der Waals surface area contributed by atoms with Gasteiger partial charge in [-0.15, -0.1) is 13.2 Å². The van der Waals surface area contributed by atoms with E-state index >= 15 is 0 Å². The molecule has 0 N–H and O–H groups in total. The highest BCUT2D eigenvalue weighted by Crippen LogP contribution is 2.38. The molecule has 0 amide bonds. The maximum absolute atomic E-state index is 13.8. The minimum atomic E-state index is -4.91. The van der Waals surface area contributed by atoms with E-state index in [0.717, 1.165) is 29.9 Å². The largest absolute Gasteiger partial charge is 0.573 e. The number of allylic oxidation sites excluding steroid dienone is 2. The lowest BCUT2D eigenvalue weighted by molar-refractivity contribution is -0.275. The summed E-state index contributed by atoms with van der Waals surface area (Å²) in [6, 6.07) is 3.25. The predicted molar refractivity (Wildman–Crippen MR) is 133 cm³/mol. The molecule has 0 radical (unpaired) electrons. The third kappa shape index (κ3) is 10.3. The molecule has 0 unspecified atom stereocenters. The lowest BCUT2D eigenvalue weighted by Gasteiger charge is -2.31. The van der Waals surface area contributed by atoms with Crippen LogP contribution in [-0.4, -0.2) is 6.36 Å². The van der Waals surface area contributed by atoms with Crippen molar-refractivity contribution in [1.29, 1.82) is 0 Å². The van der Waals surface area contributed by atoms with Crippen LogP contribution >= 0.6 is 0 Å². The summed E-state index contributed by atoms with van der Waals surface area (Å²) in [7, 11) is 0. The Balaban J connectivity index is 1.32. The second kappa shape index (κ2) is 14.0. The zero-order chi connectivity index (χ0) is 25.1. The quantitative estimate of drug-likeness (QED) is 0.189. The van der Waals surface area contributed by atoms with Crippen molar-refractivity contribution in [3.05, 3.63) is 41.7 Å². The van der Waals surface area contributed by atoms with E-state index in [0.29, 0.717) is 11.5 Å². The van der Waals surface area contributed by atoms with E-state index in [9.17, 15) is 17.6 Å². The van der Waals surface area contributed by atoms with Crippen LogP contribution in [0.2, 0.25) is 0 Å². The summed E-state index contributed by atoms with van der Waals surface area (Å²) < 4.78 is 54.1. The Hall–Kier alpha value is -1.96. The van der Waals surface area contributed by atoms with Crippen molar-refractivity contribution in [3.63, 3.8) is 0 Å². The normalized spacial score (nSPS) is 25.3. The molecule has 194 valence electrons. The van der Waals surface area contributed by atoms with E-state index in [1.54, 1.807) is 6.08 Å². The first-order chi connectivity index (χ1) is 16.8. The van der Waals surface area contributed by atoms with Crippen LogP contribution < -0.4 is 4.74 Å². The van der Waals surface area contributed by atoms with E-state index in [1.165, 1.54) is 96.0 Å². The number of hydrogen-bond acceptors (Lipinski definition) is 1. The van der Waals surface area contributed by atoms with Gasteiger partial charge in [-0.3, -0.25) is 0 Å². The molecule has 0 heterocycles. The summed E-state index contributed by atoms with van der Waals surface area (Å²) in [6.45, 7) is 2.28. The monoisotopic (exact) mass is 492 g/mol. The Morgan fingerprint density at radius 3 is 2.06 bits per heavy atom. The molecule has 0 aliphatic heterocycles. The average Bonchev–Trinajstić information content (AvgIpc) is 2.83. The summed E-state index contributed by atoms with van der Waals surface area (Å²) in [5.41, 5.74) is 0.320. The van der Waals surface area contributed by atoms with Crippen molar-refractivity contribution in [2.24, 2.45) is 23.7 Å². The van der Waals surface area contributed by atoms with Gasteiger partial charge in [-0.2, -0.15) is 0 Å². The van der Waals surface area contributed by atoms with Crippen LogP contribution in [0.15, 0.2) is 30.4 Å². The number of benzene rings is 1. The van der Waals surface area contributed by atoms with Crippen LogP contribution in [0.5, 0.6) is 5.75 Å². The molecule has 1 aromatic rings. The standard InChI is InChI=1S/C30H40F4O/c1-2-3-4-7-23-10-14-25(15-11-23)18-19-26-16-12-24(13-17-26)8-5-6-9-27-20-21-29(28(31)22-27)35-30(32,33)34/h5,8,20-26H,2-4,7,10-19H2,1H3. The fraction of sp³-hybridized carbons (Fsp3) is 0.667. The smallest absolute Gasteiger partial charge is 0.403 e. The number of ether oxygens (including phenoxy) is 1. The molecule has 0 spiro atoms. The Bertz CT molecular complexity index is 847. The van der Waals surface area contributed by atoms with E-state index < -0.39 is 17.9 Å². The predicted octanol–water partition coefficient (Wildman–Crippen LogP) is 9.61. The van der Waals surface area contributed by atoms with Crippen LogP contribution in [0.1, 0.15) is 102 Å². The van der Waals surface area contributed by atoms with Crippen LogP contribution in [0.25, 0.3) is 0 Å². The van der Waals surface area contributed by atoms with Crippen molar-refractivity contribution in [2.75, 3.05) is 0 Å². The Morgan fingerprint density at radius 1 is 0.886 bits per heavy atom. The van der Waals surface area contributed by atoms with Crippen molar-refractivity contribution in [1.82, 2.24) is 0 Å². The zero-order valence-corrected chi connectivity index (χ0v) is 21.0. The van der Waals surface area contributed by atoms with Crippen LogP contribution in [0.4, 0.5) is 17.6 Å². The van der Waals surface area contributed by atoms with Gasteiger partial charge in [0.05, 0.1) is 0 Å². The van der Waals surface area contributed by atoms with Gasteiger partial charge in [0.15, 0.2) is 11.6 Å². The topological polar surface area (TPSA) is 9.23 Å². The third-order valence-electron chi connectivity index (χ3n) is 7.88. The zero-order valence-electron chi connectivity index (χ0n) is 21.0. The molecular formula is C30H40F4O. The van der Waals surface area contributed by atoms with Crippen molar-refractivity contribution >= 4 is 0 Å². The van der Waals surface area contributed by atoms with E-state index in [-0.39, 0.29) is 0 Å². The van der Waals surface area contributed by atoms with Crippen molar-refractivity contribution in [3.8, 4) is 17.6 Å². The van der Waals surface area contributed by atoms with Gasteiger partial charge < -0.3 is 4.74 Å². The minimum absolute atomic E-state index is 0.320. The summed E-state index contributed by atoms with van der Waals surface area (Å²) >= 11 is 0. The van der Waals surface area contributed by atoms with Gasteiger partial charge in [-0.05, 0) is 73.6 Å². The molecule has 1 aromatic carbocycles. The van der Waals surface area contributed by atoms with Gasteiger partial charge in [0.2, 0.25) is 0 Å². The highest BCUT2D eigenvalue weighted by Gasteiger charge is 2.32. The van der Waals surface area contributed by atoms with Gasteiger partial charge in [0.1, 0.15) is 0 Å². The molecule has 0 saturated heterocycles. The number of rotatable bonds is 9. The van der Waals surface area contributed by atoms with E-state index in [1.807, 2.05) is 0 Å². The highest BCUT2D eigenvalue weighted by molar-refractivity contribution is 5.41. The second-order valence-electron chi connectivity index (χ2n) is 10.6. The van der Waals surface area contributed by atoms with Gasteiger partial charge in [0, 0.05) is 5.56 Å². The van der Waals surface area contributed by atoms with Crippen molar-refractivity contribution in [2.45, 2.75) is 103 Å². The molecule has 2 fully saturated rings. The fourth-order valence-electron chi connectivity index (χ4n) is 5.73. The molecular weight excluding hydrogens is 452 g/mol. The second-order valence-corrected chi connectivity index (χ2v) is 10.6. The first-order valence-corrected chi connectivity index (χ1v) is 13.6. The lowest BCUT2D eigenvalue weighted by Crippen LogP contribution is -2.17. The van der Waals surface area contributed by atoms with Crippen LogP contribution in [0, 0.1) is 41.3 Å².